The number of hydrogen-bond donors (Lipinski definition) is 1. The Morgan fingerprint density at radius 3 is 2.81 bits per heavy atom. The van der Waals surface area contributed by atoms with Gasteiger partial charge in [-0.1, -0.05) is 57.6 Å². The number of anilines is 1. The predicted octanol–water partition coefficient (Wildman–Crippen LogP) is 5.52. The van der Waals surface area contributed by atoms with Gasteiger partial charge in [0.2, 0.25) is 5.13 Å². The van der Waals surface area contributed by atoms with E-state index >= 15 is 0 Å². The van der Waals surface area contributed by atoms with E-state index in [1.807, 2.05) is 55.5 Å². The predicted molar refractivity (Wildman–Crippen MR) is 114 cm³/mol. The van der Waals surface area contributed by atoms with Crippen LogP contribution in [0.1, 0.15) is 12.5 Å². The Morgan fingerprint density at radius 2 is 2.00 bits per heavy atom. The van der Waals surface area contributed by atoms with Gasteiger partial charge < -0.3 is 4.42 Å². The zero-order chi connectivity index (χ0) is 18.8. The fraction of sp³-hybridized carbons (Fsp3) is 0.0500. The molecule has 0 fully saturated rings. The number of halogens is 1. The monoisotopic (exact) mass is 439 g/mol. The number of nitrogens with zero attached hydrogens (tertiary/aromatic N) is 2. The fourth-order valence-corrected chi connectivity index (χ4v) is 3.73. The Kier molecular flexibility index (Phi) is 4.87. The molecule has 2 aromatic carbocycles. The molecule has 27 heavy (non-hydrogen) atoms. The number of fused-ring (bicyclic) bond motifs is 1. The van der Waals surface area contributed by atoms with Gasteiger partial charge in [0.05, 0.1) is 16.2 Å². The Balaban J connectivity index is 1.62. The Labute approximate surface area is 167 Å². The highest BCUT2D eigenvalue weighted by Crippen LogP contribution is 2.29. The summed E-state index contributed by atoms with van der Waals surface area (Å²) < 4.78 is 6.35. The first-order chi connectivity index (χ1) is 13.1. The van der Waals surface area contributed by atoms with E-state index in [1.54, 1.807) is 12.3 Å². The minimum Gasteiger partial charge on any atom is -0.422 e. The SMILES string of the molecule is CC(=NNc1ncc(-c2cc3cc(Br)ccc3oc2=O)s1)c1ccccc1. The maximum absolute atomic E-state index is 12.3. The van der Waals surface area contributed by atoms with Crippen LogP contribution in [0.4, 0.5) is 5.13 Å². The quantitative estimate of drug-likeness (QED) is 0.258. The average molecular weight is 440 g/mol. The van der Waals surface area contributed by atoms with Gasteiger partial charge in [-0.3, -0.25) is 5.43 Å². The van der Waals surface area contributed by atoms with Crippen molar-refractivity contribution in [2.75, 3.05) is 5.43 Å². The van der Waals surface area contributed by atoms with E-state index in [1.165, 1.54) is 11.3 Å². The van der Waals surface area contributed by atoms with Crippen molar-refractivity contribution in [3.8, 4) is 10.4 Å². The van der Waals surface area contributed by atoms with Crippen LogP contribution in [0.2, 0.25) is 0 Å². The van der Waals surface area contributed by atoms with Gasteiger partial charge in [0, 0.05) is 16.1 Å². The summed E-state index contributed by atoms with van der Waals surface area (Å²) in [5.41, 5.74) is 5.48. The molecule has 0 bridgehead atoms. The van der Waals surface area contributed by atoms with Gasteiger partial charge in [-0.05, 0) is 36.8 Å². The summed E-state index contributed by atoms with van der Waals surface area (Å²) in [5.74, 6) is 0. The normalized spacial score (nSPS) is 11.7. The van der Waals surface area contributed by atoms with Crippen LogP contribution in [0.15, 0.2) is 79.6 Å². The van der Waals surface area contributed by atoms with Crippen LogP contribution < -0.4 is 11.1 Å². The van der Waals surface area contributed by atoms with Crippen molar-refractivity contribution in [3.63, 3.8) is 0 Å². The lowest BCUT2D eigenvalue weighted by Gasteiger charge is -2.01. The van der Waals surface area contributed by atoms with E-state index in [0.29, 0.717) is 16.3 Å². The van der Waals surface area contributed by atoms with Crippen molar-refractivity contribution >= 4 is 49.1 Å². The fourth-order valence-electron chi connectivity index (χ4n) is 2.59. The number of thiazole rings is 1. The summed E-state index contributed by atoms with van der Waals surface area (Å²) in [4.78, 5) is 17.4. The van der Waals surface area contributed by atoms with E-state index in [4.69, 9.17) is 4.42 Å². The van der Waals surface area contributed by atoms with E-state index in [2.05, 4.69) is 31.4 Å². The van der Waals surface area contributed by atoms with Crippen LogP contribution in [0.25, 0.3) is 21.4 Å². The summed E-state index contributed by atoms with van der Waals surface area (Å²) in [6.45, 7) is 1.92. The Morgan fingerprint density at radius 1 is 1.19 bits per heavy atom. The molecule has 0 amide bonds. The van der Waals surface area contributed by atoms with Crippen LogP contribution in [0.5, 0.6) is 0 Å². The lowest BCUT2D eigenvalue weighted by Crippen LogP contribution is -2.01. The summed E-state index contributed by atoms with van der Waals surface area (Å²) in [5, 5.41) is 5.82. The molecule has 0 radical (unpaired) electrons. The largest absolute Gasteiger partial charge is 0.422 e. The lowest BCUT2D eigenvalue weighted by molar-refractivity contribution is 0.563. The van der Waals surface area contributed by atoms with E-state index in [9.17, 15) is 4.79 Å². The van der Waals surface area contributed by atoms with Crippen molar-refractivity contribution < 1.29 is 4.42 Å². The lowest BCUT2D eigenvalue weighted by atomic mass is 10.1. The third-order valence-electron chi connectivity index (χ3n) is 3.98. The molecule has 4 aromatic rings. The second kappa shape index (κ2) is 7.46. The molecule has 0 aliphatic rings. The molecule has 2 heterocycles. The molecular formula is C20H14BrN3O2S. The van der Waals surface area contributed by atoms with Crippen LogP contribution in [-0.4, -0.2) is 10.7 Å². The molecule has 0 saturated heterocycles. The first-order valence-electron chi connectivity index (χ1n) is 8.15. The molecule has 5 nitrogen and oxygen atoms in total. The molecule has 0 unspecified atom stereocenters. The zero-order valence-electron chi connectivity index (χ0n) is 14.3. The van der Waals surface area contributed by atoms with Gasteiger partial charge in [0.25, 0.3) is 0 Å². The molecule has 7 heteroatoms. The highest BCUT2D eigenvalue weighted by atomic mass is 79.9. The molecule has 2 aromatic heterocycles. The maximum atomic E-state index is 12.3. The van der Waals surface area contributed by atoms with Crippen molar-refractivity contribution in [1.82, 2.24) is 4.98 Å². The number of hydrazone groups is 1. The summed E-state index contributed by atoms with van der Waals surface area (Å²) in [7, 11) is 0. The van der Waals surface area contributed by atoms with Gasteiger partial charge in [0.1, 0.15) is 5.58 Å². The van der Waals surface area contributed by atoms with Crippen LogP contribution >= 0.6 is 27.3 Å². The topological polar surface area (TPSA) is 67.5 Å². The molecular weight excluding hydrogens is 426 g/mol. The van der Waals surface area contributed by atoms with Gasteiger partial charge in [-0.2, -0.15) is 5.10 Å². The van der Waals surface area contributed by atoms with Crippen molar-refractivity contribution in [1.29, 1.82) is 0 Å². The standard InChI is InChI=1S/C20H14BrN3O2S/c1-12(13-5-3-2-4-6-13)23-24-20-22-11-18(27-20)16-10-14-9-15(21)7-8-17(14)26-19(16)25/h2-11H,1H3,(H,22,24). The molecule has 1 N–H and O–H groups in total. The maximum Gasteiger partial charge on any atom is 0.345 e. The number of nitrogens with one attached hydrogen (secondary N) is 1. The summed E-state index contributed by atoms with van der Waals surface area (Å²) in [6.07, 6.45) is 1.65. The van der Waals surface area contributed by atoms with E-state index in [-0.39, 0.29) is 5.63 Å². The number of aromatic nitrogens is 1. The highest BCUT2D eigenvalue weighted by molar-refractivity contribution is 9.10. The molecule has 134 valence electrons. The van der Waals surface area contributed by atoms with Crippen LogP contribution in [-0.2, 0) is 0 Å². The minimum atomic E-state index is -0.385. The van der Waals surface area contributed by atoms with Crippen molar-refractivity contribution in [2.24, 2.45) is 5.10 Å². The highest BCUT2D eigenvalue weighted by Gasteiger charge is 2.12. The molecule has 0 saturated carbocycles. The smallest absolute Gasteiger partial charge is 0.345 e. The summed E-state index contributed by atoms with van der Waals surface area (Å²) in [6, 6.07) is 17.2. The second-order valence-electron chi connectivity index (χ2n) is 5.83. The average Bonchev–Trinajstić information content (AvgIpc) is 3.15. The van der Waals surface area contributed by atoms with Gasteiger partial charge >= 0.3 is 5.63 Å². The van der Waals surface area contributed by atoms with Gasteiger partial charge in [0.15, 0.2) is 0 Å². The van der Waals surface area contributed by atoms with Crippen molar-refractivity contribution in [2.45, 2.75) is 6.92 Å². The second-order valence-corrected chi connectivity index (χ2v) is 7.78. The van der Waals surface area contributed by atoms with Crippen LogP contribution in [0, 0.1) is 0 Å². The molecule has 0 aliphatic carbocycles. The third-order valence-corrected chi connectivity index (χ3v) is 5.40. The van der Waals surface area contributed by atoms with Crippen LogP contribution in [0.3, 0.4) is 0 Å². The third kappa shape index (κ3) is 3.84. The Hall–Kier alpha value is -2.77. The number of benzene rings is 2. The van der Waals surface area contributed by atoms with Gasteiger partial charge in [-0.25, -0.2) is 9.78 Å². The molecule has 4 rings (SSSR count). The number of rotatable bonds is 4. The molecule has 0 spiro atoms. The molecule has 0 aliphatic heterocycles. The molecule has 0 atom stereocenters. The van der Waals surface area contributed by atoms with E-state index < -0.39 is 0 Å². The van der Waals surface area contributed by atoms with Crippen molar-refractivity contribution in [3.05, 3.63) is 81.3 Å². The first kappa shape index (κ1) is 17.6. The summed E-state index contributed by atoms with van der Waals surface area (Å²) >= 11 is 4.78. The first-order valence-corrected chi connectivity index (χ1v) is 9.76. The number of hydrogen-bond acceptors (Lipinski definition) is 6. The zero-order valence-corrected chi connectivity index (χ0v) is 16.7. The minimum absolute atomic E-state index is 0.385. The van der Waals surface area contributed by atoms with E-state index in [0.717, 1.165) is 26.0 Å². The van der Waals surface area contributed by atoms with Gasteiger partial charge in [-0.15, -0.1) is 0 Å². The Bertz CT molecular complexity index is 1200.